The summed E-state index contributed by atoms with van der Waals surface area (Å²) >= 11 is 5.88. The molecular formula is C22H25ClN2O3. The molecule has 1 aromatic rings. The Morgan fingerprint density at radius 3 is 2.04 bits per heavy atom. The Morgan fingerprint density at radius 1 is 0.893 bits per heavy atom. The van der Waals surface area contributed by atoms with Crippen molar-refractivity contribution in [1.29, 1.82) is 0 Å². The molecule has 5 rings (SSSR count). The van der Waals surface area contributed by atoms with E-state index in [4.69, 9.17) is 11.6 Å². The first-order valence-electron chi connectivity index (χ1n) is 10.5. The van der Waals surface area contributed by atoms with E-state index in [1.165, 1.54) is 0 Å². The quantitative estimate of drug-likeness (QED) is 0.783. The highest BCUT2D eigenvalue weighted by Gasteiger charge is 2.61. The van der Waals surface area contributed by atoms with Crippen molar-refractivity contribution in [2.45, 2.75) is 51.0 Å². The van der Waals surface area contributed by atoms with Crippen LogP contribution in [0.2, 0.25) is 5.02 Å². The first kappa shape index (κ1) is 18.2. The molecule has 3 aliphatic carbocycles. The van der Waals surface area contributed by atoms with Crippen LogP contribution in [0.1, 0.15) is 44.9 Å². The fourth-order valence-corrected chi connectivity index (χ4v) is 6.29. The van der Waals surface area contributed by atoms with Crippen molar-refractivity contribution in [2.24, 2.45) is 29.6 Å². The minimum atomic E-state index is -0.0737. The summed E-state index contributed by atoms with van der Waals surface area (Å²) in [4.78, 5) is 40.1. The lowest BCUT2D eigenvalue weighted by Gasteiger charge is -2.33. The summed E-state index contributed by atoms with van der Waals surface area (Å²) in [5, 5.41) is 3.58. The summed E-state index contributed by atoms with van der Waals surface area (Å²) in [5.74, 6) is 0.864. The third kappa shape index (κ3) is 2.86. The molecule has 3 amide bonds. The summed E-state index contributed by atoms with van der Waals surface area (Å²) in [6, 6.07) is 7.07. The Balaban J connectivity index is 1.20. The number of hydrogen-bond acceptors (Lipinski definition) is 3. The molecule has 1 N–H and O–H groups in total. The molecule has 148 valence electrons. The minimum absolute atomic E-state index is 0.00904. The monoisotopic (exact) mass is 400 g/mol. The predicted molar refractivity (Wildman–Crippen MR) is 105 cm³/mol. The van der Waals surface area contributed by atoms with E-state index in [9.17, 15) is 14.4 Å². The van der Waals surface area contributed by atoms with Crippen LogP contribution in [0, 0.1) is 29.6 Å². The molecule has 2 bridgehead atoms. The van der Waals surface area contributed by atoms with E-state index in [0.717, 1.165) is 37.8 Å². The van der Waals surface area contributed by atoms with Crippen LogP contribution in [-0.2, 0) is 14.4 Å². The van der Waals surface area contributed by atoms with Gasteiger partial charge in [-0.1, -0.05) is 11.6 Å². The van der Waals surface area contributed by atoms with Gasteiger partial charge in [0, 0.05) is 22.7 Å². The Hall–Kier alpha value is -1.88. The molecule has 6 heteroatoms. The van der Waals surface area contributed by atoms with Gasteiger partial charge in [0.25, 0.3) is 0 Å². The van der Waals surface area contributed by atoms with Crippen LogP contribution in [-0.4, -0.2) is 28.7 Å². The maximum atomic E-state index is 13.0. The van der Waals surface area contributed by atoms with Crippen LogP contribution in [0.5, 0.6) is 0 Å². The number of nitrogens with zero attached hydrogens (tertiary/aromatic N) is 1. The van der Waals surface area contributed by atoms with E-state index >= 15 is 0 Å². The Labute approximate surface area is 169 Å². The molecule has 0 radical (unpaired) electrons. The predicted octanol–water partition coefficient (Wildman–Crippen LogP) is 3.87. The van der Waals surface area contributed by atoms with E-state index in [2.05, 4.69) is 5.32 Å². The third-order valence-electron chi connectivity index (χ3n) is 7.51. The standard InChI is InChI=1S/C22H25ClN2O3/c23-15-5-7-16(8-6-15)24-20(26)12-3-9-17(10-4-12)25-21(27)18-13-1-2-14(11-13)19(18)22(25)28/h5-8,12-14,17-19H,1-4,9-11H2,(H,24,26)/t12?,13-,14+,17?,18-,19+. The lowest BCUT2D eigenvalue weighted by atomic mass is 9.81. The number of benzene rings is 1. The van der Waals surface area contributed by atoms with Crippen molar-refractivity contribution in [1.82, 2.24) is 4.90 Å². The highest BCUT2D eigenvalue weighted by Crippen LogP contribution is 2.56. The number of carbonyl (C=O) groups is 3. The van der Waals surface area contributed by atoms with Gasteiger partial charge in [0.15, 0.2) is 0 Å². The second-order valence-electron chi connectivity index (χ2n) is 8.93. The Kier molecular flexibility index (Phi) is 4.46. The van der Waals surface area contributed by atoms with Crippen LogP contribution in [0.3, 0.4) is 0 Å². The van der Waals surface area contributed by atoms with E-state index in [1.54, 1.807) is 29.2 Å². The average Bonchev–Trinajstić information content (AvgIpc) is 3.38. The van der Waals surface area contributed by atoms with Crippen molar-refractivity contribution >= 4 is 35.0 Å². The van der Waals surface area contributed by atoms with Gasteiger partial charge >= 0.3 is 0 Å². The van der Waals surface area contributed by atoms with E-state index in [0.29, 0.717) is 29.7 Å². The molecule has 1 aliphatic heterocycles. The summed E-state index contributed by atoms with van der Waals surface area (Å²) < 4.78 is 0. The number of halogens is 1. The zero-order valence-electron chi connectivity index (χ0n) is 15.8. The number of amides is 3. The summed E-state index contributed by atoms with van der Waals surface area (Å²) in [7, 11) is 0. The van der Waals surface area contributed by atoms with Crippen molar-refractivity contribution < 1.29 is 14.4 Å². The van der Waals surface area contributed by atoms with Crippen molar-refractivity contribution in [3.05, 3.63) is 29.3 Å². The van der Waals surface area contributed by atoms with E-state index < -0.39 is 0 Å². The average molecular weight is 401 g/mol. The summed E-state index contributed by atoms with van der Waals surface area (Å²) in [5.41, 5.74) is 0.740. The topological polar surface area (TPSA) is 66.5 Å². The van der Waals surface area contributed by atoms with Gasteiger partial charge in [-0.2, -0.15) is 0 Å². The van der Waals surface area contributed by atoms with Gasteiger partial charge in [0.1, 0.15) is 0 Å². The first-order chi connectivity index (χ1) is 13.5. The van der Waals surface area contributed by atoms with Gasteiger partial charge in [0.05, 0.1) is 11.8 Å². The Bertz CT molecular complexity index is 788. The Morgan fingerprint density at radius 2 is 1.46 bits per heavy atom. The number of carbonyl (C=O) groups excluding carboxylic acids is 3. The van der Waals surface area contributed by atoms with Crippen molar-refractivity contribution in [3.63, 3.8) is 0 Å². The van der Waals surface area contributed by atoms with Gasteiger partial charge in [-0.15, -0.1) is 0 Å². The number of likely N-dealkylation sites (tertiary alicyclic amines) is 1. The smallest absolute Gasteiger partial charge is 0.233 e. The van der Waals surface area contributed by atoms with Gasteiger partial charge in [-0.25, -0.2) is 0 Å². The second kappa shape index (κ2) is 6.87. The SMILES string of the molecule is O=C(Nc1ccc(Cl)cc1)C1CCC(N2C(=O)[C@@H]3[C@@H]4CC[C@@H](C4)[C@@H]3C2=O)CC1. The lowest BCUT2D eigenvalue weighted by molar-refractivity contribution is -0.144. The lowest BCUT2D eigenvalue weighted by Crippen LogP contribution is -2.44. The molecular weight excluding hydrogens is 376 g/mol. The zero-order valence-corrected chi connectivity index (χ0v) is 16.5. The van der Waals surface area contributed by atoms with E-state index in [1.807, 2.05) is 0 Å². The number of anilines is 1. The molecule has 4 fully saturated rings. The maximum absolute atomic E-state index is 13.0. The number of rotatable bonds is 3. The van der Waals surface area contributed by atoms with Crippen LogP contribution in [0.4, 0.5) is 5.69 Å². The molecule has 0 spiro atoms. The van der Waals surface area contributed by atoms with Crippen LogP contribution < -0.4 is 5.32 Å². The van der Waals surface area contributed by atoms with Crippen molar-refractivity contribution in [2.75, 3.05) is 5.32 Å². The number of nitrogens with one attached hydrogen (secondary N) is 1. The number of imide groups is 1. The first-order valence-corrected chi connectivity index (χ1v) is 10.8. The summed E-state index contributed by atoms with van der Waals surface area (Å²) in [6.07, 6.45) is 6.16. The molecule has 28 heavy (non-hydrogen) atoms. The molecule has 1 heterocycles. The normalized spacial score (nSPS) is 36.7. The third-order valence-corrected chi connectivity index (χ3v) is 7.76. The molecule has 0 aromatic heterocycles. The molecule has 5 nitrogen and oxygen atoms in total. The highest BCUT2D eigenvalue weighted by molar-refractivity contribution is 6.30. The largest absolute Gasteiger partial charge is 0.326 e. The fraction of sp³-hybridized carbons (Fsp3) is 0.591. The highest BCUT2D eigenvalue weighted by atomic mass is 35.5. The molecule has 1 saturated heterocycles. The minimum Gasteiger partial charge on any atom is -0.326 e. The molecule has 3 saturated carbocycles. The molecule has 1 aromatic carbocycles. The second-order valence-corrected chi connectivity index (χ2v) is 9.37. The van der Waals surface area contributed by atoms with Crippen molar-refractivity contribution in [3.8, 4) is 0 Å². The van der Waals surface area contributed by atoms with Gasteiger partial charge < -0.3 is 5.32 Å². The van der Waals surface area contributed by atoms with Crippen LogP contribution in [0.25, 0.3) is 0 Å². The fourth-order valence-electron chi connectivity index (χ4n) is 6.17. The van der Waals surface area contributed by atoms with Crippen LogP contribution >= 0.6 is 11.6 Å². The molecule has 4 atom stereocenters. The number of hydrogen-bond donors (Lipinski definition) is 1. The van der Waals surface area contributed by atoms with E-state index in [-0.39, 0.29) is 41.5 Å². The zero-order chi connectivity index (χ0) is 19.4. The molecule has 0 unspecified atom stereocenters. The van der Waals surface area contributed by atoms with Gasteiger partial charge in [0.2, 0.25) is 17.7 Å². The number of fused-ring (bicyclic) bond motifs is 5. The van der Waals surface area contributed by atoms with Crippen LogP contribution in [0.15, 0.2) is 24.3 Å². The van der Waals surface area contributed by atoms with Gasteiger partial charge in [-0.05, 0) is 81.0 Å². The maximum Gasteiger partial charge on any atom is 0.233 e. The van der Waals surface area contributed by atoms with Gasteiger partial charge in [-0.3, -0.25) is 19.3 Å². The molecule has 4 aliphatic rings. The summed E-state index contributed by atoms with van der Waals surface area (Å²) in [6.45, 7) is 0.